The molecule has 2 heterocycles. The molecule has 2 atom stereocenters. The summed E-state index contributed by atoms with van der Waals surface area (Å²) in [5.74, 6) is 1.73. The molecule has 1 saturated heterocycles. The van der Waals surface area contributed by atoms with Crippen LogP contribution in [0.25, 0.3) is 0 Å². The fraction of sp³-hybridized carbons (Fsp3) is 0.455. The van der Waals surface area contributed by atoms with Gasteiger partial charge in [-0.25, -0.2) is 0 Å². The molecule has 1 aromatic rings. The van der Waals surface area contributed by atoms with Crippen molar-refractivity contribution < 1.29 is 4.74 Å². The summed E-state index contributed by atoms with van der Waals surface area (Å²) in [6.07, 6.45) is 1.59. The highest BCUT2D eigenvalue weighted by atomic mass is 16.5. The number of para-hydroxylation sites is 1. The zero-order chi connectivity index (χ0) is 8.67. The summed E-state index contributed by atoms with van der Waals surface area (Å²) in [4.78, 5) is 0. The van der Waals surface area contributed by atoms with E-state index in [1.54, 1.807) is 0 Å². The number of benzene rings is 1. The molecule has 2 heteroatoms. The lowest BCUT2D eigenvalue weighted by atomic mass is 9.90. The largest absolute Gasteiger partial charge is 0.488 e. The van der Waals surface area contributed by atoms with Gasteiger partial charge < -0.3 is 10.1 Å². The molecule has 1 fully saturated rings. The van der Waals surface area contributed by atoms with Gasteiger partial charge in [-0.3, -0.25) is 0 Å². The first-order chi connectivity index (χ1) is 6.45. The van der Waals surface area contributed by atoms with Crippen LogP contribution < -0.4 is 10.1 Å². The predicted octanol–water partition coefficient (Wildman–Crippen LogP) is 1.52. The molecule has 0 aliphatic carbocycles. The van der Waals surface area contributed by atoms with Gasteiger partial charge in [-0.1, -0.05) is 18.2 Å². The predicted molar refractivity (Wildman–Crippen MR) is 51.1 cm³/mol. The van der Waals surface area contributed by atoms with Crippen molar-refractivity contribution in [1.82, 2.24) is 5.32 Å². The number of nitrogens with one attached hydrogen (secondary N) is 1. The maximum absolute atomic E-state index is 5.85. The Kier molecular flexibility index (Phi) is 1.56. The molecule has 0 radical (unpaired) electrons. The van der Waals surface area contributed by atoms with Crippen molar-refractivity contribution in [3.63, 3.8) is 0 Å². The van der Waals surface area contributed by atoms with Gasteiger partial charge in [0.1, 0.15) is 11.9 Å². The van der Waals surface area contributed by atoms with Gasteiger partial charge >= 0.3 is 0 Å². The molecule has 0 bridgehead atoms. The number of hydrogen-bond donors (Lipinski definition) is 1. The first kappa shape index (κ1) is 7.39. The van der Waals surface area contributed by atoms with Crippen LogP contribution in [0.4, 0.5) is 0 Å². The van der Waals surface area contributed by atoms with Crippen LogP contribution in [0.15, 0.2) is 24.3 Å². The van der Waals surface area contributed by atoms with Crippen LogP contribution in [0.2, 0.25) is 0 Å². The molecule has 0 aromatic heterocycles. The lowest BCUT2D eigenvalue weighted by Crippen LogP contribution is -2.39. The molecule has 2 nitrogen and oxygen atoms in total. The highest BCUT2D eigenvalue weighted by molar-refractivity contribution is 5.41. The van der Waals surface area contributed by atoms with Gasteiger partial charge in [-0.05, 0) is 19.0 Å². The van der Waals surface area contributed by atoms with Crippen molar-refractivity contribution in [3.8, 4) is 5.75 Å². The number of fused-ring (bicyclic) bond motifs is 3. The molecule has 2 aliphatic heterocycles. The van der Waals surface area contributed by atoms with Crippen LogP contribution in [-0.2, 0) is 0 Å². The highest BCUT2D eigenvalue weighted by Gasteiger charge is 2.35. The van der Waals surface area contributed by atoms with Crippen molar-refractivity contribution in [2.45, 2.75) is 18.4 Å². The fourth-order valence-corrected chi connectivity index (χ4v) is 2.37. The molecule has 1 aromatic carbocycles. The smallest absolute Gasteiger partial charge is 0.123 e. The number of hydrogen-bond acceptors (Lipinski definition) is 2. The summed E-state index contributed by atoms with van der Waals surface area (Å²) in [6, 6.07) is 8.43. The second-order valence-electron chi connectivity index (χ2n) is 3.79. The number of rotatable bonds is 0. The molecule has 0 saturated carbocycles. The van der Waals surface area contributed by atoms with Gasteiger partial charge in [-0.2, -0.15) is 0 Å². The lowest BCUT2D eigenvalue weighted by molar-refractivity contribution is 0.177. The molecule has 1 N–H and O–H groups in total. The molecular formula is C11H13NO. The standard InChI is InChI=1S/C11H13NO/c1-2-4-10-8(3-1)9-5-6-12-7-11(9)13-10/h1-4,9,11-12H,5-7H2/t9-,11+/m1/s1. The summed E-state index contributed by atoms with van der Waals surface area (Å²) in [5.41, 5.74) is 1.41. The third-order valence-electron chi connectivity index (χ3n) is 3.02. The van der Waals surface area contributed by atoms with E-state index >= 15 is 0 Å². The van der Waals surface area contributed by atoms with Crippen LogP contribution in [0.3, 0.4) is 0 Å². The normalized spacial score (nSPS) is 30.5. The minimum absolute atomic E-state index is 0.381. The van der Waals surface area contributed by atoms with Gasteiger partial charge in [0.2, 0.25) is 0 Å². The first-order valence-corrected chi connectivity index (χ1v) is 4.91. The fourth-order valence-electron chi connectivity index (χ4n) is 2.37. The Morgan fingerprint density at radius 1 is 1.31 bits per heavy atom. The Morgan fingerprint density at radius 3 is 3.23 bits per heavy atom. The van der Waals surface area contributed by atoms with Gasteiger partial charge in [0.25, 0.3) is 0 Å². The average molecular weight is 175 g/mol. The van der Waals surface area contributed by atoms with Gasteiger partial charge in [-0.15, -0.1) is 0 Å². The minimum atomic E-state index is 0.381. The van der Waals surface area contributed by atoms with Crippen LogP contribution in [0, 0.1) is 0 Å². The molecule has 0 unspecified atom stereocenters. The van der Waals surface area contributed by atoms with E-state index in [1.165, 1.54) is 12.0 Å². The van der Waals surface area contributed by atoms with E-state index in [4.69, 9.17) is 4.74 Å². The Labute approximate surface area is 77.9 Å². The monoisotopic (exact) mass is 175 g/mol. The molecule has 0 spiro atoms. The number of ether oxygens (including phenoxy) is 1. The third kappa shape index (κ3) is 1.05. The van der Waals surface area contributed by atoms with Crippen molar-refractivity contribution in [2.24, 2.45) is 0 Å². The summed E-state index contributed by atoms with van der Waals surface area (Å²) < 4.78 is 5.85. The van der Waals surface area contributed by atoms with Crippen molar-refractivity contribution in [1.29, 1.82) is 0 Å². The van der Waals surface area contributed by atoms with Gasteiger partial charge in [0.15, 0.2) is 0 Å². The van der Waals surface area contributed by atoms with Gasteiger partial charge in [0.05, 0.1) is 0 Å². The second-order valence-corrected chi connectivity index (χ2v) is 3.79. The highest BCUT2D eigenvalue weighted by Crippen LogP contribution is 2.40. The zero-order valence-corrected chi connectivity index (χ0v) is 7.49. The molecular weight excluding hydrogens is 162 g/mol. The van der Waals surface area contributed by atoms with E-state index < -0.39 is 0 Å². The van der Waals surface area contributed by atoms with Crippen molar-refractivity contribution in [2.75, 3.05) is 13.1 Å². The van der Waals surface area contributed by atoms with E-state index in [-0.39, 0.29) is 0 Å². The van der Waals surface area contributed by atoms with Gasteiger partial charge in [0, 0.05) is 18.0 Å². The van der Waals surface area contributed by atoms with Crippen LogP contribution >= 0.6 is 0 Å². The summed E-state index contributed by atoms with van der Waals surface area (Å²) in [5, 5.41) is 3.37. The van der Waals surface area contributed by atoms with Crippen molar-refractivity contribution in [3.05, 3.63) is 29.8 Å². The Hall–Kier alpha value is -1.02. The average Bonchev–Trinajstić information content (AvgIpc) is 2.56. The number of piperidine rings is 1. The SMILES string of the molecule is c1ccc2c(c1)O[C@H]1CNCC[C@H]21. The molecule has 0 amide bonds. The van der Waals surface area contributed by atoms with E-state index in [2.05, 4.69) is 23.5 Å². The quantitative estimate of drug-likeness (QED) is 0.645. The summed E-state index contributed by atoms with van der Waals surface area (Å²) in [7, 11) is 0. The lowest BCUT2D eigenvalue weighted by Gasteiger charge is -2.24. The Balaban J connectivity index is 2.01. The second kappa shape index (κ2) is 2.74. The van der Waals surface area contributed by atoms with Crippen LogP contribution in [0.1, 0.15) is 17.9 Å². The van der Waals surface area contributed by atoms with Crippen LogP contribution in [0.5, 0.6) is 5.75 Å². The Bertz CT molecular complexity index is 324. The molecule has 3 rings (SSSR count). The van der Waals surface area contributed by atoms with Crippen LogP contribution in [-0.4, -0.2) is 19.2 Å². The summed E-state index contributed by atoms with van der Waals surface area (Å²) in [6.45, 7) is 2.12. The van der Waals surface area contributed by atoms with E-state index in [0.29, 0.717) is 12.0 Å². The molecule has 13 heavy (non-hydrogen) atoms. The van der Waals surface area contributed by atoms with E-state index in [0.717, 1.165) is 18.8 Å². The molecule has 68 valence electrons. The Morgan fingerprint density at radius 2 is 2.23 bits per heavy atom. The summed E-state index contributed by atoms with van der Waals surface area (Å²) >= 11 is 0. The third-order valence-corrected chi connectivity index (χ3v) is 3.02. The van der Waals surface area contributed by atoms with E-state index in [9.17, 15) is 0 Å². The zero-order valence-electron chi connectivity index (χ0n) is 7.49. The maximum atomic E-state index is 5.85. The maximum Gasteiger partial charge on any atom is 0.123 e. The minimum Gasteiger partial charge on any atom is -0.488 e. The topological polar surface area (TPSA) is 21.3 Å². The van der Waals surface area contributed by atoms with E-state index in [1.807, 2.05) is 6.07 Å². The molecule has 2 aliphatic rings. The van der Waals surface area contributed by atoms with Crippen molar-refractivity contribution >= 4 is 0 Å². The first-order valence-electron chi connectivity index (χ1n) is 4.91.